The highest BCUT2D eigenvalue weighted by Crippen LogP contribution is 2.43. The maximum absolute atomic E-state index is 12.9. The zero-order chi connectivity index (χ0) is 15.5. The van der Waals surface area contributed by atoms with Gasteiger partial charge in [-0.25, -0.2) is 0 Å². The third-order valence-electron chi connectivity index (χ3n) is 4.24. The molecule has 0 amide bonds. The molecular formula is C16H22F3NO. The van der Waals surface area contributed by atoms with Gasteiger partial charge in [0.25, 0.3) is 0 Å². The fraction of sp³-hybridized carbons (Fsp3) is 0.625. The molecule has 118 valence electrons. The van der Waals surface area contributed by atoms with Crippen molar-refractivity contribution < 1.29 is 17.9 Å². The highest BCUT2D eigenvalue weighted by atomic mass is 19.4. The van der Waals surface area contributed by atoms with Crippen LogP contribution in [0.5, 0.6) is 0 Å². The second-order valence-electron chi connectivity index (χ2n) is 5.55. The summed E-state index contributed by atoms with van der Waals surface area (Å²) in [6.45, 7) is 2.50. The first-order chi connectivity index (χ1) is 9.93. The van der Waals surface area contributed by atoms with E-state index in [2.05, 4.69) is 5.32 Å². The van der Waals surface area contributed by atoms with Gasteiger partial charge in [-0.3, -0.25) is 0 Å². The van der Waals surface area contributed by atoms with Crippen molar-refractivity contribution in [1.29, 1.82) is 0 Å². The number of hydrogen-bond acceptors (Lipinski definition) is 2. The number of halogens is 3. The minimum atomic E-state index is -4.32. The van der Waals surface area contributed by atoms with Gasteiger partial charge in [-0.1, -0.05) is 25.0 Å². The lowest BCUT2D eigenvalue weighted by Crippen LogP contribution is -2.43. The molecule has 1 N–H and O–H groups in total. The molecule has 1 saturated carbocycles. The third-order valence-corrected chi connectivity index (χ3v) is 4.24. The van der Waals surface area contributed by atoms with Gasteiger partial charge >= 0.3 is 6.18 Å². The largest absolute Gasteiger partial charge is 0.416 e. The molecule has 5 heteroatoms. The van der Waals surface area contributed by atoms with Gasteiger partial charge in [-0.2, -0.15) is 13.2 Å². The Kier molecular flexibility index (Phi) is 4.94. The number of ether oxygens (including phenoxy) is 1. The number of likely N-dealkylation sites (N-methyl/N-ethyl adjacent to an activating group) is 1. The Hall–Kier alpha value is -1.07. The van der Waals surface area contributed by atoms with E-state index in [4.69, 9.17) is 4.74 Å². The van der Waals surface area contributed by atoms with Crippen LogP contribution in [0.15, 0.2) is 24.3 Å². The summed E-state index contributed by atoms with van der Waals surface area (Å²) in [6, 6.07) is 5.34. The summed E-state index contributed by atoms with van der Waals surface area (Å²) >= 11 is 0. The van der Waals surface area contributed by atoms with Crippen LogP contribution >= 0.6 is 0 Å². The summed E-state index contributed by atoms with van der Waals surface area (Å²) in [5.41, 5.74) is -0.360. The smallest absolute Gasteiger partial charge is 0.373 e. The molecular weight excluding hydrogens is 279 g/mol. The van der Waals surface area contributed by atoms with E-state index in [0.29, 0.717) is 12.2 Å². The van der Waals surface area contributed by atoms with E-state index in [1.807, 2.05) is 6.92 Å². The van der Waals surface area contributed by atoms with Crippen LogP contribution in [0.2, 0.25) is 0 Å². The Labute approximate surface area is 123 Å². The standard InChI is InChI=1S/C16H22F3NO/c1-3-21-15(9-4-5-10-15)14(20-2)12-7-6-8-13(11-12)16(17,18)19/h6-8,11,14,20H,3-5,9-10H2,1-2H3. The van der Waals surface area contributed by atoms with Gasteiger partial charge in [0.2, 0.25) is 0 Å². The summed E-state index contributed by atoms with van der Waals surface area (Å²) in [6.07, 6.45) is -0.456. The van der Waals surface area contributed by atoms with Crippen LogP contribution in [0.25, 0.3) is 0 Å². The average molecular weight is 301 g/mol. The van der Waals surface area contributed by atoms with Crippen LogP contribution in [0, 0.1) is 0 Å². The normalized spacial score (nSPS) is 19.7. The third kappa shape index (κ3) is 3.40. The van der Waals surface area contributed by atoms with E-state index < -0.39 is 17.3 Å². The van der Waals surface area contributed by atoms with Crippen LogP contribution in [0.3, 0.4) is 0 Å². The van der Waals surface area contributed by atoms with Crippen molar-refractivity contribution in [2.75, 3.05) is 13.7 Å². The number of nitrogens with one attached hydrogen (secondary N) is 1. The van der Waals surface area contributed by atoms with Crippen LogP contribution in [-0.2, 0) is 10.9 Å². The van der Waals surface area contributed by atoms with Crippen molar-refractivity contribution in [2.45, 2.75) is 50.4 Å². The monoisotopic (exact) mass is 301 g/mol. The van der Waals surface area contributed by atoms with Crippen LogP contribution < -0.4 is 5.32 Å². The Morgan fingerprint density at radius 1 is 1.29 bits per heavy atom. The molecule has 21 heavy (non-hydrogen) atoms. The maximum atomic E-state index is 12.9. The number of hydrogen-bond donors (Lipinski definition) is 1. The van der Waals surface area contributed by atoms with Crippen LogP contribution in [0.4, 0.5) is 13.2 Å². The van der Waals surface area contributed by atoms with Crippen molar-refractivity contribution >= 4 is 0 Å². The van der Waals surface area contributed by atoms with Gasteiger partial charge in [0.1, 0.15) is 0 Å². The molecule has 0 radical (unpaired) electrons. The van der Waals surface area contributed by atoms with Gasteiger partial charge in [0.05, 0.1) is 17.2 Å². The van der Waals surface area contributed by atoms with Crippen molar-refractivity contribution in [3.05, 3.63) is 35.4 Å². The molecule has 0 heterocycles. The molecule has 1 aromatic carbocycles. The molecule has 0 aliphatic heterocycles. The van der Waals surface area contributed by atoms with Crippen LogP contribution in [0.1, 0.15) is 49.8 Å². The summed E-state index contributed by atoms with van der Waals surface area (Å²) in [5, 5.41) is 3.17. The molecule has 1 fully saturated rings. The minimum absolute atomic E-state index is 0.220. The zero-order valence-electron chi connectivity index (χ0n) is 12.5. The van der Waals surface area contributed by atoms with Gasteiger partial charge < -0.3 is 10.1 Å². The lowest BCUT2D eigenvalue weighted by Gasteiger charge is -2.37. The molecule has 1 aliphatic rings. The van der Waals surface area contributed by atoms with Crippen LogP contribution in [-0.4, -0.2) is 19.3 Å². The number of benzene rings is 1. The van der Waals surface area contributed by atoms with E-state index >= 15 is 0 Å². The molecule has 1 atom stereocenters. The zero-order valence-corrected chi connectivity index (χ0v) is 12.5. The number of rotatable bonds is 5. The lowest BCUT2D eigenvalue weighted by molar-refractivity contribution is -0.137. The molecule has 2 rings (SSSR count). The Balaban J connectivity index is 2.36. The maximum Gasteiger partial charge on any atom is 0.416 e. The van der Waals surface area contributed by atoms with E-state index in [1.165, 1.54) is 12.1 Å². The minimum Gasteiger partial charge on any atom is -0.373 e. The van der Waals surface area contributed by atoms with Gasteiger partial charge in [0.15, 0.2) is 0 Å². The number of alkyl halides is 3. The van der Waals surface area contributed by atoms with E-state index in [1.54, 1.807) is 13.1 Å². The average Bonchev–Trinajstić information content (AvgIpc) is 2.89. The predicted molar refractivity (Wildman–Crippen MR) is 76.1 cm³/mol. The molecule has 0 spiro atoms. The fourth-order valence-corrected chi connectivity index (χ4v) is 3.41. The van der Waals surface area contributed by atoms with E-state index in [-0.39, 0.29) is 6.04 Å². The first-order valence-electron chi connectivity index (χ1n) is 7.41. The second kappa shape index (κ2) is 6.36. The quantitative estimate of drug-likeness (QED) is 0.874. The molecule has 0 saturated heterocycles. The topological polar surface area (TPSA) is 21.3 Å². The molecule has 0 bridgehead atoms. The fourth-order valence-electron chi connectivity index (χ4n) is 3.41. The highest BCUT2D eigenvalue weighted by molar-refractivity contribution is 5.30. The molecule has 1 aliphatic carbocycles. The van der Waals surface area contributed by atoms with Crippen molar-refractivity contribution in [1.82, 2.24) is 5.32 Å². The first kappa shape index (κ1) is 16.3. The van der Waals surface area contributed by atoms with Gasteiger partial charge in [-0.05, 0) is 44.5 Å². The van der Waals surface area contributed by atoms with Crippen molar-refractivity contribution in [2.24, 2.45) is 0 Å². The Morgan fingerprint density at radius 3 is 2.48 bits per heavy atom. The highest BCUT2D eigenvalue weighted by Gasteiger charge is 2.43. The van der Waals surface area contributed by atoms with Crippen molar-refractivity contribution in [3.63, 3.8) is 0 Å². The van der Waals surface area contributed by atoms with Gasteiger partial charge in [-0.15, -0.1) is 0 Å². The summed E-state index contributed by atoms with van der Waals surface area (Å²) in [4.78, 5) is 0. The SMILES string of the molecule is CCOC1(C(NC)c2cccc(C(F)(F)F)c2)CCCC1. The lowest BCUT2D eigenvalue weighted by atomic mass is 9.86. The van der Waals surface area contributed by atoms with Gasteiger partial charge in [0, 0.05) is 6.61 Å². The van der Waals surface area contributed by atoms with Crippen molar-refractivity contribution in [3.8, 4) is 0 Å². The molecule has 0 aromatic heterocycles. The first-order valence-corrected chi connectivity index (χ1v) is 7.41. The Bertz CT molecular complexity index is 467. The molecule has 1 unspecified atom stereocenters. The summed E-state index contributed by atoms with van der Waals surface area (Å²) < 4.78 is 44.7. The Morgan fingerprint density at radius 2 is 1.95 bits per heavy atom. The summed E-state index contributed by atoms with van der Waals surface area (Å²) in [7, 11) is 1.78. The molecule has 2 nitrogen and oxygen atoms in total. The van der Waals surface area contributed by atoms with E-state index in [9.17, 15) is 13.2 Å². The predicted octanol–water partition coefficient (Wildman–Crippen LogP) is 4.32. The molecule has 1 aromatic rings. The van der Waals surface area contributed by atoms with E-state index in [0.717, 1.165) is 31.7 Å². The summed E-state index contributed by atoms with van der Waals surface area (Å²) in [5.74, 6) is 0. The second-order valence-corrected chi connectivity index (χ2v) is 5.55.